The quantitative estimate of drug-likeness (QED) is 0.236. The number of halogens is 4. The fourth-order valence-electron chi connectivity index (χ4n) is 5.60. The third kappa shape index (κ3) is 6.95. The van der Waals surface area contributed by atoms with Crippen LogP contribution in [0.5, 0.6) is 0 Å². The number of rotatable bonds is 7. The highest BCUT2D eigenvalue weighted by molar-refractivity contribution is 9.10. The van der Waals surface area contributed by atoms with Gasteiger partial charge in [0.05, 0.1) is 16.5 Å². The zero-order valence-electron chi connectivity index (χ0n) is 23.0. The molecule has 3 aromatic rings. The van der Waals surface area contributed by atoms with Gasteiger partial charge in [-0.1, -0.05) is 15.9 Å². The Morgan fingerprint density at radius 1 is 1.10 bits per heavy atom. The second kappa shape index (κ2) is 12.4. The van der Waals surface area contributed by atoms with Gasteiger partial charge in [-0.05, 0) is 74.6 Å². The van der Waals surface area contributed by atoms with E-state index in [4.69, 9.17) is 9.72 Å². The second-order valence-corrected chi connectivity index (χ2v) is 11.7. The lowest BCUT2D eigenvalue weighted by Gasteiger charge is -2.36. The van der Waals surface area contributed by atoms with Crippen molar-refractivity contribution in [1.29, 1.82) is 0 Å². The summed E-state index contributed by atoms with van der Waals surface area (Å²) in [4.78, 5) is 31.6. The third-order valence-corrected chi connectivity index (χ3v) is 8.40. The molecule has 1 aromatic heterocycles. The molecule has 42 heavy (non-hydrogen) atoms. The van der Waals surface area contributed by atoms with Gasteiger partial charge in [0, 0.05) is 53.8 Å². The molecule has 224 valence electrons. The van der Waals surface area contributed by atoms with Crippen molar-refractivity contribution in [2.75, 3.05) is 43.0 Å². The number of anilines is 2. The summed E-state index contributed by atoms with van der Waals surface area (Å²) < 4.78 is 46.8. The molecule has 1 aliphatic carbocycles. The van der Waals surface area contributed by atoms with Gasteiger partial charge in [-0.25, -0.2) is 4.98 Å². The fourth-order valence-corrected chi connectivity index (χ4v) is 5.96. The molecule has 1 aliphatic heterocycles. The maximum Gasteiger partial charge on any atom is 0.423 e. The van der Waals surface area contributed by atoms with Crippen molar-refractivity contribution in [1.82, 2.24) is 9.88 Å². The fraction of sp³-hybridized carbons (Fsp3) is 0.448. The Balaban J connectivity index is 1.07. The number of fused-ring (bicyclic) bond motifs is 1. The molecule has 1 saturated carbocycles. The molecule has 0 spiro atoms. The summed E-state index contributed by atoms with van der Waals surface area (Å²) >= 11 is 3.51. The van der Waals surface area contributed by atoms with Gasteiger partial charge in [0.15, 0.2) is 0 Å². The smallest absolute Gasteiger partial charge is 0.382 e. The second-order valence-electron chi connectivity index (χ2n) is 10.7. The number of nitro benzene ring substituents is 1. The lowest BCUT2D eigenvalue weighted by molar-refractivity contribution is -0.388. The van der Waals surface area contributed by atoms with Crippen LogP contribution in [-0.4, -0.2) is 65.6 Å². The molecule has 1 saturated heterocycles. The van der Waals surface area contributed by atoms with E-state index in [-0.39, 0.29) is 30.3 Å². The highest BCUT2D eigenvalue weighted by atomic mass is 79.9. The highest BCUT2D eigenvalue weighted by Gasteiger charge is 2.38. The number of hydrogen-bond acceptors (Lipinski definition) is 7. The summed E-state index contributed by atoms with van der Waals surface area (Å²) in [6, 6.07) is 11.0. The van der Waals surface area contributed by atoms with Crippen LogP contribution < -0.4 is 10.2 Å². The first kappa shape index (κ1) is 30.0. The predicted octanol–water partition coefficient (Wildman–Crippen LogP) is 6.32. The van der Waals surface area contributed by atoms with Crippen LogP contribution in [0.1, 0.15) is 36.8 Å². The van der Waals surface area contributed by atoms with E-state index >= 15 is 0 Å². The van der Waals surface area contributed by atoms with Gasteiger partial charge in [-0.3, -0.25) is 14.9 Å². The maximum atomic E-state index is 13.3. The Hall–Kier alpha value is -3.45. The van der Waals surface area contributed by atoms with Crippen molar-refractivity contribution in [2.24, 2.45) is 0 Å². The van der Waals surface area contributed by atoms with Crippen molar-refractivity contribution in [3.63, 3.8) is 0 Å². The summed E-state index contributed by atoms with van der Waals surface area (Å²) in [5.74, 6) is 0.840. The molecule has 0 unspecified atom stereocenters. The zero-order valence-corrected chi connectivity index (χ0v) is 24.6. The minimum Gasteiger partial charge on any atom is -0.382 e. The Morgan fingerprint density at radius 3 is 2.48 bits per heavy atom. The molecular weight excluding hydrogens is 619 g/mol. The predicted molar refractivity (Wildman–Crippen MR) is 157 cm³/mol. The van der Waals surface area contributed by atoms with Crippen molar-refractivity contribution >= 4 is 49.9 Å². The van der Waals surface area contributed by atoms with Crippen LogP contribution in [0, 0.1) is 17.0 Å². The molecule has 0 atom stereocenters. The third-order valence-electron chi connectivity index (χ3n) is 7.91. The first-order valence-corrected chi connectivity index (χ1v) is 14.6. The first-order chi connectivity index (χ1) is 20.0. The number of nitro groups is 1. The van der Waals surface area contributed by atoms with E-state index < -0.39 is 22.4 Å². The molecule has 0 bridgehead atoms. The number of hydrogen-bond donors (Lipinski definition) is 1. The van der Waals surface area contributed by atoms with Crippen LogP contribution in [0.2, 0.25) is 0 Å². The van der Waals surface area contributed by atoms with Crippen LogP contribution in [0.15, 0.2) is 46.9 Å². The largest absolute Gasteiger partial charge is 0.423 e. The van der Waals surface area contributed by atoms with E-state index in [1.165, 1.54) is 6.07 Å². The average molecular weight is 650 g/mol. The Labute approximate surface area is 249 Å². The van der Waals surface area contributed by atoms with E-state index in [9.17, 15) is 28.1 Å². The minimum atomic E-state index is -4.82. The molecule has 1 amide bonds. The van der Waals surface area contributed by atoms with Crippen molar-refractivity contribution < 1.29 is 27.6 Å². The number of aromatic nitrogens is 1. The van der Waals surface area contributed by atoms with E-state index in [1.807, 2.05) is 17.0 Å². The molecule has 2 aromatic carbocycles. The number of aryl methyl sites for hydroxylation is 1. The van der Waals surface area contributed by atoms with Crippen LogP contribution in [0.4, 0.5) is 30.4 Å². The SMILES string of the molecule is Cc1cc(N2CCN(C(=O)COC3CCC(Nc4ccc([N+](=O)[O-])c(C(F)(F)F)c4)CC3)CC2)nc2ccc(Br)cc12. The zero-order chi connectivity index (χ0) is 30.0. The van der Waals surface area contributed by atoms with Crippen LogP contribution in [0.25, 0.3) is 10.9 Å². The van der Waals surface area contributed by atoms with E-state index in [0.717, 1.165) is 38.9 Å². The molecule has 2 heterocycles. The number of pyridine rings is 1. The van der Waals surface area contributed by atoms with E-state index in [2.05, 4.69) is 45.2 Å². The summed E-state index contributed by atoms with van der Waals surface area (Å²) in [5.41, 5.74) is 0.0283. The van der Waals surface area contributed by atoms with Gasteiger partial charge in [0.25, 0.3) is 5.69 Å². The highest BCUT2D eigenvalue weighted by Crippen LogP contribution is 2.38. The lowest BCUT2D eigenvalue weighted by atomic mass is 9.92. The summed E-state index contributed by atoms with van der Waals surface area (Å²) in [7, 11) is 0. The number of ether oxygens (including phenoxy) is 1. The normalized spacial score (nSPS) is 19.6. The molecule has 2 fully saturated rings. The minimum absolute atomic E-state index is 0.0116. The number of piperazine rings is 1. The van der Waals surface area contributed by atoms with Gasteiger partial charge in [-0.15, -0.1) is 0 Å². The summed E-state index contributed by atoms with van der Waals surface area (Å²) in [6.45, 7) is 4.56. The number of alkyl halides is 3. The van der Waals surface area contributed by atoms with Gasteiger partial charge in [0.1, 0.15) is 18.0 Å². The van der Waals surface area contributed by atoms with Crippen LogP contribution >= 0.6 is 15.9 Å². The van der Waals surface area contributed by atoms with Gasteiger partial charge in [0.2, 0.25) is 5.91 Å². The van der Waals surface area contributed by atoms with Crippen molar-refractivity contribution in [3.8, 4) is 0 Å². The van der Waals surface area contributed by atoms with Gasteiger partial charge < -0.3 is 19.9 Å². The van der Waals surface area contributed by atoms with E-state index in [0.29, 0.717) is 51.9 Å². The number of nitrogens with zero attached hydrogens (tertiary/aromatic N) is 4. The molecule has 1 N–H and O–H groups in total. The molecule has 5 rings (SSSR count). The maximum absolute atomic E-state index is 13.3. The molecule has 0 radical (unpaired) electrons. The number of nitrogens with one attached hydrogen (secondary N) is 1. The summed E-state index contributed by atoms with van der Waals surface area (Å²) in [5, 5.41) is 15.2. The molecule has 9 nitrogen and oxygen atoms in total. The number of carbonyl (C=O) groups excluding carboxylic acids is 1. The van der Waals surface area contributed by atoms with Crippen molar-refractivity contribution in [2.45, 2.75) is 50.9 Å². The number of benzene rings is 2. The average Bonchev–Trinajstić information content (AvgIpc) is 2.96. The van der Waals surface area contributed by atoms with Gasteiger partial charge >= 0.3 is 6.18 Å². The Morgan fingerprint density at radius 2 is 1.81 bits per heavy atom. The summed E-state index contributed by atoms with van der Waals surface area (Å²) in [6.07, 6.45) is -2.34. The Kier molecular flexibility index (Phi) is 8.88. The first-order valence-electron chi connectivity index (χ1n) is 13.8. The van der Waals surface area contributed by atoms with Crippen LogP contribution in [-0.2, 0) is 15.7 Å². The van der Waals surface area contributed by atoms with Gasteiger partial charge in [-0.2, -0.15) is 13.2 Å². The number of carbonyl (C=O) groups is 1. The monoisotopic (exact) mass is 649 g/mol. The topological polar surface area (TPSA) is 101 Å². The Bertz CT molecular complexity index is 1470. The number of amides is 1. The molecule has 13 heteroatoms. The molecular formula is C29H31BrF3N5O4. The standard InChI is InChI=1S/C29H31BrF3N5O4/c1-18-14-27(35-25-8-2-19(30)15-23(18)25)36-10-12-37(13-11-36)28(39)17-42-22-6-3-20(4-7-22)34-21-5-9-26(38(40)41)24(16-21)29(31,32)33/h2,5,8-9,14-16,20,22,34H,3-4,6-7,10-13,17H2,1H3. The van der Waals surface area contributed by atoms with Crippen molar-refractivity contribution in [3.05, 3.63) is 68.2 Å². The van der Waals surface area contributed by atoms with E-state index in [1.54, 1.807) is 0 Å². The lowest BCUT2D eigenvalue weighted by Crippen LogP contribution is -2.50. The molecule has 2 aliphatic rings. The van der Waals surface area contributed by atoms with Crippen LogP contribution in [0.3, 0.4) is 0 Å².